The fraction of sp³-hybridized carbons (Fsp3) is 0.528. The summed E-state index contributed by atoms with van der Waals surface area (Å²) in [6.07, 6.45) is 16.8. The second-order valence-electron chi connectivity index (χ2n) is 13.0. The lowest BCUT2D eigenvalue weighted by atomic mass is 9.71. The third-order valence-electron chi connectivity index (χ3n) is 10.2. The Bertz CT molecular complexity index is 1390. The van der Waals surface area contributed by atoms with E-state index in [0.717, 1.165) is 47.2 Å². The Morgan fingerprint density at radius 2 is 1.67 bits per heavy atom. The first-order valence-electron chi connectivity index (χ1n) is 16.3. The molecule has 42 heavy (non-hydrogen) atoms. The molecule has 3 aromatic rings. The van der Waals surface area contributed by atoms with Gasteiger partial charge in [-0.05, 0) is 98.7 Å². The summed E-state index contributed by atoms with van der Waals surface area (Å²) in [5.41, 5.74) is 3.81. The Labute approximate surface area is 250 Å². The van der Waals surface area contributed by atoms with Crippen LogP contribution in [0.4, 0.5) is 5.69 Å². The molecule has 1 aromatic heterocycles. The second-order valence-corrected chi connectivity index (χ2v) is 13.0. The van der Waals surface area contributed by atoms with Gasteiger partial charge in [-0.15, -0.1) is 0 Å². The van der Waals surface area contributed by atoms with Gasteiger partial charge in [0.2, 0.25) is 5.91 Å². The van der Waals surface area contributed by atoms with E-state index >= 15 is 0 Å². The van der Waals surface area contributed by atoms with Crippen molar-refractivity contribution in [2.24, 2.45) is 11.8 Å². The van der Waals surface area contributed by atoms with Crippen LogP contribution in [0.25, 0.3) is 10.8 Å². The first-order chi connectivity index (χ1) is 20.5. The van der Waals surface area contributed by atoms with Gasteiger partial charge in [0, 0.05) is 46.5 Å². The molecule has 1 aliphatic heterocycles. The maximum atomic E-state index is 13.2. The maximum absolute atomic E-state index is 13.2. The Hall–Kier alpha value is -3.25. The van der Waals surface area contributed by atoms with E-state index in [1.807, 2.05) is 55.5 Å². The van der Waals surface area contributed by atoms with Gasteiger partial charge in [-0.2, -0.15) is 0 Å². The van der Waals surface area contributed by atoms with Gasteiger partial charge in [-0.1, -0.05) is 63.1 Å². The summed E-state index contributed by atoms with van der Waals surface area (Å²) in [6.45, 7) is 3.84. The molecule has 6 nitrogen and oxygen atoms in total. The number of aromatic nitrogens is 1. The third kappa shape index (κ3) is 6.54. The Balaban J connectivity index is 1.02. The van der Waals surface area contributed by atoms with E-state index in [-0.39, 0.29) is 29.2 Å². The minimum absolute atomic E-state index is 0.00831. The van der Waals surface area contributed by atoms with E-state index in [1.54, 1.807) is 6.20 Å². The number of amides is 2. The Morgan fingerprint density at radius 3 is 2.43 bits per heavy atom. The predicted octanol–water partition coefficient (Wildman–Crippen LogP) is 7.28. The molecule has 2 saturated carbocycles. The lowest BCUT2D eigenvalue weighted by Gasteiger charge is -2.46. The van der Waals surface area contributed by atoms with Crippen molar-refractivity contribution in [2.45, 2.75) is 95.4 Å². The fourth-order valence-corrected chi connectivity index (χ4v) is 7.57. The summed E-state index contributed by atoms with van der Waals surface area (Å²) >= 11 is 0. The zero-order valence-corrected chi connectivity index (χ0v) is 25.1. The zero-order valence-electron chi connectivity index (χ0n) is 25.1. The molecule has 3 unspecified atom stereocenters. The van der Waals surface area contributed by atoms with Gasteiger partial charge in [0.1, 0.15) is 0 Å². The van der Waals surface area contributed by atoms with Crippen molar-refractivity contribution in [1.82, 2.24) is 15.6 Å². The van der Waals surface area contributed by atoms with Gasteiger partial charge in [0.25, 0.3) is 5.91 Å². The summed E-state index contributed by atoms with van der Waals surface area (Å²) in [5.74, 6) is 0.723. The number of benzene rings is 2. The molecular weight excluding hydrogens is 520 g/mol. The molecule has 3 atom stereocenters. The molecule has 2 amide bonds. The molecule has 3 fully saturated rings. The molecule has 1 saturated heterocycles. The molecule has 0 bridgehead atoms. The topological polar surface area (TPSA) is 83.1 Å². The number of nitrogens with one attached hydrogen (secondary N) is 3. The highest BCUT2D eigenvalue weighted by atomic mass is 16.2. The molecule has 2 aliphatic carbocycles. The molecule has 6 rings (SSSR count). The summed E-state index contributed by atoms with van der Waals surface area (Å²) < 4.78 is 0. The fourth-order valence-electron chi connectivity index (χ4n) is 7.57. The lowest BCUT2D eigenvalue weighted by Crippen LogP contribution is -2.57. The van der Waals surface area contributed by atoms with Crippen LogP contribution < -0.4 is 16.0 Å². The summed E-state index contributed by atoms with van der Waals surface area (Å²) in [5, 5.41) is 12.5. The van der Waals surface area contributed by atoms with Crippen LogP contribution in [0.5, 0.6) is 0 Å². The molecule has 222 valence electrons. The number of rotatable bonds is 6. The molecular formula is C36H46N4O2. The number of hydrogen-bond acceptors (Lipinski definition) is 4. The van der Waals surface area contributed by atoms with Gasteiger partial charge in [-0.3, -0.25) is 14.6 Å². The molecule has 3 aliphatic rings. The average molecular weight is 567 g/mol. The van der Waals surface area contributed by atoms with Crippen LogP contribution in [0.3, 0.4) is 0 Å². The van der Waals surface area contributed by atoms with Gasteiger partial charge >= 0.3 is 0 Å². The minimum atomic E-state index is -0.0354. The van der Waals surface area contributed by atoms with Crippen molar-refractivity contribution in [3.63, 3.8) is 0 Å². The number of carbonyl (C=O) groups is 2. The van der Waals surface area contributed by atoms with E-state index in [2.05, 4.69) is 20.9 Å². The van der Waals surface area contributed by atoms with Crippen LogP contribution in [0.2, 0.25) is 0 Å². The molecule has 2 aromatic carbocycles. The highest BCUT2D eigenvalue weighted by Gasteiger charge is 2.44. The van der Waals surface area contributed by atoms with Crippen molar-refractivity contribution in [3.05, 3.63) is 71.5 Å². The van der Waals surface area contributed by atoms with E-state index < -0.39 is 0 Å². The third-order valence-corrected chi connectivity index (χ3v) is 10.2. The van der Waals surface area contributed by atoms with Crippen LogP contribution >= 0.6 is 0 Å². The molecule has 2 heterocycles. The number of piperidine rings is 1. The van der Waals surface area contributed by atoms with Gasteiger partial charge in [-0.25, -0.2) is 0 Å². The van der Waals surface area contributed by atoms with Crippen LogP contribution in [0.1, 0.15) is 105 Å². The highest BCUT2D eigenvalue weighted by molar-refractivity contribution is 5.98. The summed E-state index contributed by atoms with van der Waals surface area (Å²) in [4.78, 5) is 30.5. The van der Waals surface area contributed by atoms with E-state index in [4.69, 9.17) is 0 Å². The van der Waals surface area contributed by atoms with Gasteiger partial charge in [0.05, 0.1) is 0 Å². The lowest BCUT2D eigenvalue weighted by molar-refractivity contribution is -0.117. The number of fused-ring (bicyclic) bond motifs is 1. The summed E-state index contributed by atoms with van der Waals surface area (Å²) in [7, 11) is 0. The van der Waals surface area contributed by atoms with Crippen LogP contribution in [-0.4, -0.2) is 35.4 Å². The molecule has 3 N–H and O–H groups in total. The molecule has 6 heteroatoms. The quantitative estimate of drug-likeness (QED) is 0.293. The number of pyridine rings is 1. The van der Waals surface area contributed by atoms with Crippen LogP contribution in [-0.2, 0) is 4.79 Å². The van der Waals surface area contributed by atoms with E-state index in [1.165, 1.54) is 70.6 Å². The SMILES string of the molecule is Cc1nccc2cc(NC(=O)C3CC3c3ccc(C(=O)NCC4CCCNC45CCCCCCCCC5)cc3)ccc12. The van der Waals surface area contributed by atoms with Crippen LogP contribution in [0, 0.1) is 18.8 Å². The first-order valence-corrected chi connectivity index (χ1v) is 16.3. The number of hydrogen-bond donors (Lipinski definition) is 3. The van der Waals surface area contributed by atoms with Crippen molar-refractivity contribution in [3.8, 4) is 0 Å². The number of aryl methyl sites for hydroxylation is 1. The van der Waals surface area contributed by atoms with Crippen molar-refractivity contribution >= 4 is 28.3 Å². The largest absolute Gasteiger partial charge is 0.352 e. The summed E-state index contributed by atoms with van der Waals surface area (Å²) in [6, 6.07) is 15.9. The second kappa shape index (κ2) is 12.9. The standard InChI is InChI=1S/C36H46N4O2/c1-25-31-16-15-30(22-28(31)17-21-37-25)40-35(42)33-23-32(33)26-11-13-27(14-12-26)34(41)38-24-29-10-9-20-39-36(29)18-7-5-3-2-4-6-8-19-36/h11-17,21-22,29,32-33,39H,2-10,18-20,23-24H2,1H3,(H,38,41)(H,40,42). The zero-order chi connectivity index (χ0) is 28.9. The van der Waals surface area contributed by atoms with Crippen LogP contribution in [0.15, 0.2) is 54.7 Å². The molecule has 1 spiro atoms. The maximum Gasteiger partial charge on any atom is 0.251 e. The normalized spacial score (nSPS) is 24.2. The Kier molecular flexibility index (Phi) is 8.89. The average Bonchev–Trinajstić information content (AvgIpc) is 3.82. The minimum Gasteiger partial charge on any atom is -0.352 e. The van der Waals surface area contributed by atoms with Crippen molar-refractivity contribution in [1.29, 1.82) is 0 Å². The molecule has 0 radical (unpaired) electrons. The van der Waals surface area contributed by atoms with E-state index in [9.17, 15) is 9.59 Å². The number of nitrogens with zero attached hydrogens (tertiary/aromatic N) is 1. The monoisotopic (exact) mass is 566 g/mol. The smallest absolute Gasteiger partial charge is 0.251 e. The number of anilines is 1. The number of carbonyl (C=O) groups excluding carboxylic acids is 2. The Morgan fingerprint density at radius 1 is 0.929 bits per heavy atom. The van der Waals surface area contributed by atoms with Gasteiger partial charge in [0.15, 0.2) is 0 Å². The van der Waals surface area contributed by atoms with Crippen molar-refractivity contribution in [2.75, 3.05) is 18.4 Å². The van der Waals surface area contributed by atoms with Gasteiger partial charge < -0.3 is 16.0 Å². The highest BCUT2D eigenvalue weighted by Crippen LogP contribution is 2.48. The van der Waals surface area contributed by atoms with E-state index in [0.29, 0.717) is 11.5 Å². The van der Waals surface area contributed by atoms with Crippen molar-refractivity contribution < 1.29 is 9.59 Å². The predicted molar refractivity (Wildman–Crippen MR) is 170 cm³/mol. The first kappa shape index (κ1) is 28.9.